The van der Waals surface area contributed by atoms with Gasteiger partial charge in [0.15, 0.2) is 5.01 Å². The van der Waals surface area contributed by atoms with Gasteiger partial charge in [0, 0.05) is 17.8 Å². The standard InChI is InChI=1S/C17H17ClN4OS/c18-15-14(12-10-19-22-9-5-4-8-13(12)22)21-17(24-15)16(23)20-11-6-2-1-3-7-11/h4-5,8-11H,1-3,6-7H2,(H,20,23). The summed E-state index contributed by atoms with van der Waals surface area (Å²) in [6.07, 6.45) is 9.31. The monoisotopic (exact) mass is 360 g/mol. The van der Waals surface area contributed by atoms with Crippen molar-refractivity contribution in [2.24, 2.45) is 0 Å². The summed E-state index contributed by atoms with van der Waals surface area (Å²) in [4.78, 5) is 17.0. The van der Waals surface area contributed by atoms with Gasteiger partial charge in [0.1, 0.15) is 10.0 Å². The Morgan fingerprint density at radius 1 is 1.29 bits per heavy atom. The first-order valence-electron chi connectivity index (χ1n) is 8.12. The zero-order valence-electron chi connectivity index (χ0n) is 13.0. The molecule has 1 aliphatic rings. The van der Waals surface area contributed by atoms with Crippen molar-refractivity contribution >= 4 is 34.4 Å². The van der Waals surface area contributed by atoms with Crippen molar-refractivity contribution < 1.29 is 4.79 Å². The van der Waals surface area contributed by atoms with E-state index >= 15 is 0 Å². The van der Waals surface area contributed by atoms with Crippen molar-refractivity contribution in [1.29, 1.82) is 0 Å². The molecule has 1 aliphatic carbocycles. The third kappa shape index (κ3) is 2.91. The number of carbonyl (C=O) groups excluding carboxylic acids is 1. The predicted molar refractivity (Wildman–Crippen MR) is 95.6 cm³/mol. The fraction of sp³-hybridized carbons (Fsp3) is 0.353. The highest BCUT2D eigenvalue weighted by molar-refractivity contribution is 7.18. The zero-order chi connectivity index (χ0) is 16.5. The summed E-state index contributed by atoms with van der Waals surface area (Å²) in [5.74, 6) is -0.128. The predicted octanol–water partition coefficient (Wildman–Crippen LogP) is 4.17. The van der Waals surface area contributed by atoms with Gasteiger partial charge in [-0.15, -0.1) is 0 Å². The second-order valence-corrected chi connectivity index (χ2v) is 7.64. The Morgan fingerprint density at radius 3 is 2.96 bits per heavy atom. The Morgan fingerprint density at radius 2 is 2.12 bits per heavy atom. The van der Waals surface area contributed by atoms with E-state index in [4.69, 9.17) is 11.6 Å². The molecule has 4 rings (SSSR count). The summed E-state index contributed by atoms with van der Waals surface area (Å²) in [6.45, 7) is 0. The summed E-state index contributed by atoms with van der Waals surface area (Å²) < 4.78 is 2.29. The molecule has 5 nitrogen and oxygen atoms in total. The van der Waals surface area contributed by atoms with Crippen molar-refractivity contribution in [3.05, 3.63) is 39.9 Å². The lowest BCUT2D eigenvalue weighted by Crippen LogP contribution is -2.36. The third-order valence-corrected chi connectivity index (χ3v) is 5.66. The summed E-state index contributed by atoms with van der Waals surface area (Å²) >= 11 is 7.59. The van der Waals surface area contributed by atoms with Crippen molar-refractivity contribution in [3.63, 3.8) is 0 Å². The van der Waals surface area contributed by atoms with E-state index in [1.807, 2.05) is 24.4 Å². The van der Waals surface area contributed by atoms with Crippen molar-refractivity contribution in [2.45, 2.75) is 38.1 Å². The lowest BCUT2D eigenvalue weighted by Gasteiger charge is -2.22. The van der Waals surface area contributed by atoms with E-state index in [0.717, 1.165) is 23.9 Å². The van der Waals surface area contributed by atoms with Gasteiger partial charge in [-0.1, -0.05) is 48.3 Å². The van der Waals surface area contributed by atoms with Crippen LogP contribution in [0.3, 0.4) is 0 Å². The van der Waals surface area contributed by atoms with Crippen molar-refractivity contribution in [3.8, 4) is 11.3 Å². The Bertz CT molecular complexity index is 882. The van der Waals surface area contributed by atoms with Crippen LogP contribution in [0.2, 0.25) is 4.34 Å². The highest BCUT2D eigenvalue weighted by Gasteiger charge is 2.22. The van der Waals surface area contributed by atoms with Gasteiger partial charge in [0.05, 0.1) is 11.7 Å². The first-order valence-corrected chi connectivity index (χ1v) is 9.32. The van der Waals surface area contributed by atoms with Crippen LogP contribution in [0.1, 0.15) is 41.9 Å². The fourth-order valence-electron chi connectivity index (χ4n) is 3.18. The number of fused-ring (bicyclic) bond motifs is 1. The van der Waals surface area contributed by atoms with E-state index < -0.39 is 0 Å². The first-order chi connectivity index (χ1) is 11.7. The van der Waals surface area contributed by atoms with Crippen LogP contribution in [0.5, 0.6) is 0 Å². The first kappa shape index (κ1) is 15.6. The van der Waals surface area contributed by atoms with Gasteiger partial charge in [0.2, 0.25) is 0 Å². The molecule has 0 aromatic carbocycles. The number of hydrogen-bond acceptors (Lipinski definition) is 4. The minimum atomic E-state index is -0.128. The average molecular weight is 361 g/mol. The quantitative estimate of drug-likeness (QED) is 0.762. The number of amides is 1. The molecule has 24 heavy (non-hydrogen) atoms. The molecule has 1 N–H and O–H groups in total. The second-order valence-electron chi connectivity index (χ2n) is 6.04. The number of halogens is 1. The van der Waals surface area contributed by atoms with Gasteiger partial charge in [-0.3, -0.25) is 4.79 Å². The molecule has 1 amide bonds. The molecule has 0 unspecified atom stereocenters. The second kappa shape index (κ2) is 6.53. The Balaban J connectivity index is 1.61. The number of aromatic nitrogens is 3. The summed E-state index contributed by atoms with van der Waals surface area (Å²) in [5, 5.41) is 7.81. The van der Waals surface area contributed by atoms with Gasteiger partial charge in [0.25, 0.3) is 5.91 Å². The number of nitrogens with one attached hydrogen (secondary N) is 1. The van der Waals surface area contributed by atoms with Crippen LogP contribution in [0.15, 0.2) is 30.6 Å². The van der Waals surface area contributed by atoms with E-state index in [1.165, 1.54) is 30.6 Å². The molecule has 1 saturated carbocycles. The SMILES string of the molecule is O=C(NC1CCCCC1)c1nc(-c2cnn3ccccc23)c(Cl)s1. The van der Waals surface area contributed by atoms with Gasteiger partial charge >= 0.3 is 0 Å². The molecule has 7 heteroatoms. The summed E-state index contributed by atoms with van der Waals surface area (Å²) in [6, 6.07) is 6.07. The highest BCUT2D eigenvalue weighted by Crippen LogP contribution is 2.34. The lowest BCUT2D eigenvalue weighted by atomic mass is 9.95. The molecular formula is C17H17ClN4OS. The number of pyridine rings is 1. The summed E-state index contributed by atoms with van der Waals surface area (Å²) in [5.41, 5.74) is 2.38. The van der Waals surface area contributed by atoms with E-state index in [2.05, 4.69) is 15.4 Å². The minimum absolute atomic E-state index is 0.128. The van der Waals surface area contributed by atoms with E-state index in [9.17, 15) is 4.79 Å². The van der Waals surface area contributed by atoms with Crippen LogP contribution >= 0.6 is 22.9 Å². The van der Waals surface area contributed by atoms with Crippen molar-refractivity contribution in [2.75, 3.05) is 0 Å². The molecule has 1 fully saturated rings. The largest absolute Gasteiger partial charge is 0.347 e. The molecular weight excluding hydrogens is 344 g/mol. The molecule has 3 aromatic heterocycles. The number of rotatable bonds is 3. The zero-order valence-corrected chi connectivity index (χ0v) is 14.6. The highest BCUT2D eigenvalue weighted by atomic mass is 35.5. The van der Waals surface area contributed by atoms with Crippen LogP contribution in [-0.4, -0.2) is 26.5 Å². The van der Waals surface area contributed by atoms with Crippen LogP contribution in [0.25, 0.3) is 16.8 Å². The maximum Gasteiger partial charge on any atom is 0.280 e. The lowest BCUT2D eigenvalue weighted by molar-refractivity contribution is 0.0927. The molecule has 124 valence electrons. The number of nitrogens with zero attached hydrogens (tertiary/aromatic N) is 3. The molecule has 3 heterocycles. The third-order valence-electron chi connectivity index (χ3n) is 4.40. The molecule has 0 aliphatic heterocycles. The molecule has 0 spiro atoms. The molecule has 0 bridgehead atoms. The Hall–Kier alpha value is -1.92. The van der Waals surface area contributed by atoms with Crippen LogP contribution in [0.4, 0.5) is 0 Å². The Labute approximate surface area is 148 Å². The van der Waals surface area contributed by atoms with Crippen molar-refractivity contribution in [1.82, 2.24) is 19.9 Å². The number of hydrogen-bond donors (Lipinski definition) is 1. The topological polar surface area (TPSA) is 59.3 Å². The van der Waals surface area contributed by atoms with Gasteiger partial charge in [-0.25, -0.2) is 9.50 Å². The summed E-state index contributed by atoms with van der Waals surface area (Å²) in [7, 11) is 0. The fourth-order valence-corrected chi connectivity index (χ4v) is 4.25. The van der Waals surface area contributed by atoms with Crippen LogP contribution < -0.4 is 5.32 Å². The molecule has 0 atom stereocenters. The average Bonchev–Trinajstić information content (AvgIpc) is 3.19. The van der Waals surface area contributed by atoms with Gasteiger partial charge < -0.3 is 5.32 Å². The van der Waals surface area contributed by atoms with Crippen LogP contribution in [-0.2, 0) is 0 Å². The number of carbonyl (C=O) groups is 1. The van der Waals surface area contributed by atoms with E-state index in [1.54, 1.807) is 10.7 Å². The van der Waals surface area contributed by atoms with E-state index in [0.29, 0.717) is 15.0 Å². The normalized spacial score (nSPS) is 15.7. The van der Waals surface area contributed by atoms with Crippen LogP contribution in [0, 0.1) is 0 Å². The molecule has 3 aromatic rings. The number of thiazole rings is 1. The van der Waals surface area contributed by atoms with Gasteiger partial charge in [-0.2, -0.15) is 5.10 Å². The van der Waals surface area contributed by atoms with Gasteiger partial charge in [-0.05, 0) is 25.0 Å². The maximum absolute atomic E-state index is 12.5. The molecule has 0 radical (unpaired) electrons. The smallest absolute Gasteiger partial charge is 0.280 e. The Kier molecular flexibility index (Phi) is 4.24. The minimum Gasteiger partial charge on any atom is -0.347 e. The molecule has 0 saturated heterocycles. The maximum atomic E-state index is 12.5. The van der Waals surface area contributed by atoms with E-state index in [-0.39, 0.29) is 11.9 Å².